The van der Waals surface area contributed by atoms with E-state index < -0.39 is 29.0 Å². The van der Waals surface area contributed by atoms with Crippen LogP contribution in [0.4, 0.5) is 0 Å². The van der Waals surface area contributed by atoms with E-state index in [1.165, 1.54) is 26.4 Å². The van der Waals surface area contributed by atoms with Crippen molar-refractivity contribution < 1.29 is 33.6 Å². The van der Waals surface area contributed by atoms with Crippen LogP contribution in [0.25, 0.3) is 0 Å². The number of hydrogen-bond donors (Lipinski definition) is 4. The number of nitrogens with zero attached hydrogens (tertiary/aromatic N) is 2. The molecule has 2 aromatic heterocycles. The summed E-state index contributed by atoms with van der Waals surface area (Å²) >= 11 is 0. The molecule has 40 heavy (non-hydrogen) atoms. The average molecular weight is 551 g/mol. The summed E-state index contributed by atoms with van der Waals surface area (Å²) in [5, 5.41) is 30.7. The molecule has 0 spiro atoms. The van der Waals surface area contributed by atoms with E-state index in [1.807, 2.05) is 0 Å². The van der Waals surface area contributed by atoms with Gasteiger partial charge in [0.05, 0.1) is 20.1 Å². The first-order valence-corrected chi connectivity index (χ1v) is 12.3. The Hall–Kier alpha value is -4.84. The second-order valence-electron chi connectivity index (χ2n) is 8.97. The lowest BCUT2D eigenvalue weighted by atomic mass is 9.91. The Morgan fingerprint density at radius 1 is 1.05 bits per heavy atom. The molecule has 0 fully saturated rings. The van der Waals surface area contributed by atoms with Crippen LogP contribution in [-0.2, 0) is 16.1 Å². The fourth-order valence-electron chi connectivity index (χ4n) is 4.27. The molecule has 210 valence electrons. The molecule has 0 aliphatic carbocycles. The van der Waals surface area contributed by atoms with E-state index in [-0.39, 0.29) is 36.0 Å². The molecule has 2 aromatic carbocycles. The number of aromatic nitrogens is 3. The van der Waals surface area contributed by atoms with Gasteiger partial charge in [0.1, 0.15) is 24.2 Å². The first kappa shape index (κ1) is 28.2. The molecular formula is C28H30N4O8. The normalized spacial score (nSPS) is 12.5. The maximum Gasteiger partial charge on any atom is 0.227 e. The molecule has 0 radical (unpaired) electrons. The Morgan fingerprint density at radius 3 is 2.45 bits per heavy atom. The molecule has 0 saturated carbocycles. The summed E-state index contributed by atoms with van der Waals surface area (Å²) < 4.78 is 21.4. The molecular weight excluding hydrogens is 520 g/mol. The molecule has 12 heteroatoms. The highest BCUT2D eigenvalue weighted by Crippen LogP contribution is 2.37. The van der Waals surface area contributed by atoms with Gasteiger partial charge in [0.25, 0.3) is 0 Å². The first-order chi connectivity index (χ1) is 19.2. The molecule has 4 rings (SSSR count). The van der Waals surface area contributed by atoms with E-state index in [0.29, 0.717) is 28.5 Å². The van der Waals surface area contributed by atoms with Gasteiger partial charge in [0.2, 0.25) is 17.1 Å². The Labute approximate surface area is 229 Å². The Bertz CT molecular complexity index is 1530. The minimum Gasteiger partial charge on any atom is -0.504 e. The van der Waals surface area contributed by atoms with Gasteiger partial charge >= 0.3 is 0 Å². The number of benzene rings is 2. The zero-order chi connectivity index (χ0) is 28.8. The van der Waals surface area contributed by atoms with Gasteiger partial charge in [-0.15, -0.1) is 0 Å². The number of phenols is 1. The van der Waals surface area contributed by atoms with Gasteiger partial charge in [-0.25, -0.2) is 4.98 Å². The smallest absolute Gasteiger partial charge is 0.227 e. The van der Waals surface area contributed by atoms with Crippen LogP contribution in [0.5, 0.6) is 23.0 Å². The SMILES string of the molecule is COCc1nc(C(NC(=O)CC(c2ccc(O)c(OC)c2)c2oc(C)cc(=O)c2O)c2ccc(OC)cc2)n[nH]1. The molecule has 4 aromatic rings. The highest BCUT2D eigenvalue weighted by molar-refractivity contribution is 5.78. The van der Waals surface area contributed by atoms with Gasteiger partial charge in [-0.2, -0.15) is 5.10 Å². The lowest BCUT2D eigenvalue weighted by molar-refractivity contribution is -0.122. The molecule has 12 nitrogen and oxygen atoms in total. The van der Waals surface area contributed by atoms with Crippen LogP contribution < -0.4 is 20.2 Å². The predicted molar refractivity (Wildman–Crippen MR) is 143 cm³/mol. The van der Waals surface area contributed by atoms with E-state index in [9.17, 15) is 19.8 Å². The Morgan fingerprint density at radius 2 is 1.77 bits per heavy atom. The Balaban J connectivity index is 1.72. The standard InChI is InChI=1S/C28H30N4O8/c1-15-11-21(34)26(36)27(40-15)19(17-7-10-20(33)22(12-17)39-4)13-24(35)30-25(16-5-8-18(38-3)9-6-16)28-29-23(14-37-2)31-32-28/h5-12,19,25,33,36H,13-14H2,1-4H3,(H,30,35)(H,29,31,32). The molecule has 1 amide bonds. The second kappa shape index (κ2) is 12.3. The van der Waals surface area contributed by atoms with Crippen LogP contribution in [-0.4, -0.2) is 52.6 Å². The number of aryl methyl sites for hydroxylation is 1. The lowest BCUT2D eigenvalue weighted by Crippen LogP contribution is -2.31. The molecule has 0 bridgehead atoms. The topological polar surface area (TPSA) is 169 Å². The summed E-state index contributed by atoms with van der Waals surface area (Å²) in [6, 6.07) is 11.9. The summed E-state index contributed by atoms with van der Waals surface area (Å²) in [7, 11) is 4.47. The third kappa shape index (κ3) is 6.24. The third-order valence-corrected chi connectivity index (χ3v) is 6.23. The van der Waals surface area contributed by atoms with Gasteiger partial charge in [0.15, 0.2) is 28.9 Å². The number of H-pyrrole nitrogens is 1. The number of carbonyl (C=O) groups is 1. The van der Waals surface area contributed by atoms with Crippen LogP contribution in [0.2, 0.25) is 0 Å². The summed E-state index contributed by atoms with van der Waals surface area (Å²) in [4.78, 5) is 30.5. The van der Waals surface area contributed by atoms with Crippen molar-refractivity contribution >= 4 is 5.91 Å². The molecule has 0 aliphatic heterocycles. The van der Waals surface area contributed by atoms with Crippen LogP contribution >= 0.6 is 0 Å². The maximum absolute atomic E-state index is 13.6. The van der Waals surface area contributed by atoms with Crippen molar-refractivity contribution in [1.29, 1.82) is 0 Å². The lowest BCUT2D eigenvalue weighted by Gasteiger charge is -2.21. The van der Waals surface area contributed by atoms with Gasteiger partial charge in [-0.1, -0.05) is 18.2 Å². The zero-order valence-electron chi connectivity index (χ0n) is 22.4. The van der Waals surface area contributed by atoms with Crippen LogP contribution in [0.3, 0.4) is 0 Å². The van der Waals surface area contributed by atoms with Crippen molar-refractivity contribution in [3.05, 3.63) is 93.1 Å². The Kier molecular flexibility index (Phi) is 8.70. The van der Waals surface area contributed by atoms with E-state index >= 15 is 0 Å². The number of aromatic hydroxyl groups is 2. The number of amides is 1. The number of phenolic OH excluding ortho intramolecular Hbond substituents is 1. The van der Waals surface area contributed by atoms with Crippen molar-refractivity contribution in [2.75, 3.05) is 21.3 Å². The molecule has 2 heterocycles. The van der Waals surface area contributed by atoms with Crippen LogP contribution in [0, 0.1) is 6.92 Å². The monoisotopic (exact) mass is 550 g/mol. The summed E-state index contributed by atoms with van der Waals surface area (Å²) in [5.74, 6) is -0.347. The second-order valence-corrected chi connectivity index (χ2v) is 8.97. The van der Waals surface area contributed by atoms with Crippen molar-refractivity contribution in [2.24, 2.45) is 0 Å². The molecule has 2 unspecified atom stereocenters. The van der Waals surface area contributed by atoms with E-state index in [4.69, 9.17) is 18.6 Å². The largest absolute Gasteiger partial charge is 0.504 e. The average Bonchev–Trinajstić information content (AvgIpc) is 3.41. The van der Waals surface area contributed by atoms with Crippen molar-refractivity contribution in [3.63, 3.8) is 0 Å². The molecule has 4 N–H and O–H groups in total. The highest BCUT2D eigenvalue weighted by Gasteiger charge is 2.29. The van der Waals surface area contributed by atoms with Gasteiger partial charge in [0, 0.05) is 19.6 Å². The van der Waals surface area contributed by atoms with Crippen LogP contribution in [0.1, 0.15) is 52.7 Å². The highest BCUT2D eigenvalue weighted by atomic mass is 16.5. The zero-order valence-corrected chi connectivity index (χ0v) is 22.4. The molecule has 0 saturated heterocycles. The number of methoxy groups -OCH3 is 3. The first-order valence-electron chi connectivity index (χ1n) is 12.3. The third-order valence-electron chi connectivity index (χ3n) is 6.23. The number of hydrogen-bond acceptors (Lipinski definition) is 10. The summed E-state index contributed by atoms with van der Waals surface area (Å²) in [6.45, 7) is 1.77. The number of nitrogens with one attached hydrogen (secondary N) is 2. The van der Waals surface area contributed by atoms with E-state index in [2.05, 4.69) is 20.5 Å². The summed E-state index contributed by atoms with van der Waals surface area (Å²) in [6.07, 6.45) is -0.240. The van der Waals surface area contributed by atoms with Crippen molar-refractivity contribution in [2.45, 2.75) is 31.9 Å². The fourth-order valence-corrected chi connectivity index (χ4v) is 4.27. The minimum absolute atomic E-state index is 0.0887. The van der Waals surface area contributed by atoms with Crippen molar-refractivity contribution in [3.8, 4) is 23.0 Å². The predicted octanol–water partition coefficient (Wildman–Crippen LogP) is 3.07. The number of carbonyl (C=O) groups excluding carboxylic acids is 1. The number of aromatic amines is 1. The number of rotatable bonds is 11. The van der Waals surface area contributed by atoms with E-state index in [1.54, 1.807) is 44.4 Å². The fraction of sp³-hybridized carbons (Fsp3) is 0.286. The van der Waals surface area contributed by atoms with E-state index in [0.717, 1.165) is 6.07 Å². The molecule has 2 atom stereocenters. The minimum atomic E-state index is -0.908. The van der Waals surface area contributed by atoms with Gasteiger partial charge in [-0.05, 0) is 42.3 Å². The van der Waals surface area contributed by atoms with Gasteiger partial charge < -0.3 is 34.2 Å². The maximum atomic E-state index is 13.6. The number of ether oxygens (including phenoxy) is 3. The quantitative estimate of drug-likeness (QED) is 0.218. The summed E-state index contributed by atoms with van der Waals surface area (Å²) in [5.41, 5.74) is 0.512. The van der Waals surface area contributed by atoms with Crippen LogP contribution in [0.15, 0.2) is 57.7 Å². The van der Waals surface area contributed by atoms with Gasteiger partial charge in [-0.3, -0.25) is 14.7 Å². The van der Waals surface area contributed by atoms with Crippen molar-refractivity contribution in [1.82, 2.24) is 20.5 Å². The molecule has 0 aliphatic rings.